The first-order valence-corrected chi connectivity index (χ1v) is 10.1. The van der Waals surface area contributed by atoms with Crippen LogP contribution in [0.3, 0.4) is 0 Å². The summed E-state index contributed by atoms with van der Waals surface area (Å²) >= 11 is 3.04. The third-order valence-electron chi connectivity index (χ3n) is 3.96. The number of fused-ring (bicyclic) bond motifs is 1. The van der Waals surface area contributed by atoms with Gasteiger partial charge in [-0.1, -0.05) is 18.7 Å². The van der Waals surface area contributed by atoms with E-state index in [-0.39, 0.29) is 23.6 Å². The first kappa shape index (κ1) is 19.7. The van der Waals surface area contributed by atoms with Crippen LogP contribution in [-0.2, 0) is 9.59 Å². The summed E-state index contributed by atoms with van der Waals surface area (Å²) in [5, 5.41) is 7.53. The van der Waals surface area contributed by atoms with Crippen molar-refractivity contribution in [1.29, 1.82) is 0 Å². The molecule has 136 valence electrons. The molecular formula is C17H24N4O2S2. The van der Waals surface area contributed by atoms with Gasteiger partial charge in [-0.2, -0.15) is 0 Å². The molecule has 2 aromatic rings. The van der Waals surface area contributed by atoms with Gasteiger partial charge in [-0.15, -0.1) is 11.3 Å². The van der Waals surface area contributed by atoms with Crippen LogP contribution in [-0.4, -0.2) is 40.1 Å². The summed E-state index contributed by atoms with van der Waals surface area (Å²) in [5.74, 6) is 0.134. The van der Waals surface area contributed by atoms with Crippen LogP contribution in [0.2, 0.25) is 0 Å². The molecule has 6 nitrogen and oxygen atoms in total. The van der Waals surface area contributed by atoms with Crippen LogP contribution in [0, 0.1) is 13.8 Å². The Hall–Kier alpha value is -1.67. The van der Waals surface area contributed by atoms with Crippen LogP contribution in [0.1, 0.15) is 37.1 Å². The Morgan fingerprint density at radius 3 is 2.76 bits per heavy atom. The second-order valence-corrected chi connectivity index (χ2v) is 8.07. The number of nitrogens with zero attached hydrogens (tertiary/aromatic N) is 2. The first-order valence-electron chi connectivity index (χ1n) is 8.31. The molecule has 0 spiro atoms. The number of aromatic nitrogens is 2. The topological polar surface area (TPSA) is 84.0 Å². The average Bonchev–Trinajstić information content (AvgIpc) is 2.87. The molecule has 0 saturated heterocycles. The summed E-state index contributed by atoms with van der Waals surface area (Å²) in [7, 11) is 0. The molecule has 25 heavy (non-hydrogen) atoms. The Bertz CT molecular complexity index is 760. The molecule has 1 atom stereocenters. The normalized spacial score (nSPS) is 12.2. The van der Waals surface area contributed by atoms with Crippen LogP contribution < -0.4 is 10.6 Å². The van der Waals surface area contributed by atoms with E-state index in [0.717, 1.165) is 21.7 Å². The number of nitrogens with one attached hydrogen (secondary N) is 2. The molecule has 2 heterocycles. The van der Waals surface area contributed by atoms with E-state index in [2.05, 4.69) is 34.4 Å². The van der Waals surface area contributed by atoms with Gasteiger partial charge >= 0.3 is 0 Å². The van der Waals surface area contributed by atoms with E-state index in [1.165, 1.54) is 28.5 Å². The van der Waals surface area contributed by atoms with Crippen molar-refractivity contribution >= 4 is 45.1 Å². The number of hydrogen-bond acceptors (Lipinski definition) is 6. The molecule has 1 unspecified atom stereocenters. The van der Waals surface area contributed by atoms with E-state index in [9.17, 15) is 9.59 Å². The SMILES string of the molecule is CCC(C)NC(=O)CCNC(=O)CSc1ncnc2sc(C)c(C)c12. The van der Waals surface area contributed by atoms with Crippen molar-refractivity contribution in [3.8, 4) is 0 Å². The number of aryl methyl sites for hydroxylation is 2. The monoisotopic (exact) mass is 380 g/mol. The second kappa shape index (κ2) is 9.15. The first-order chi connectivity index (χ1) is 11.9. The van der Waals surface area contributed by atoms with Gasteiger partial charge < -0.3 is 10.6 Å². The van der Waals surface area contributed by atoms with E-state index in [0.29, 0.717) is 13.0 Å². The van der Waals surface area contributed by atoms with E-state index >= 15 is 0 Å². The zero-order chi connectivity index (χ0) is 18.4. The van der Waals surface area contributed by atoms with Gasteiger partial charge in [0.05, 0.1) is 5.75 Å². The maximum atomic E-state index is 12.0. The molecule has 0 bridgehead atoms. The minimum absolute atomic E-state index is 0.0378. The second-order valence-electron chi connectivity index (χ2n) is 5.91. The lowest BCUT2D eigenvalue weighted by molar-refractivity contribution is -0.122. The predicted octanol–water partition coefficient (Wildman–Crippen LogP) is 2.82. The van der Waals surface area contributed by atoms with Gasteiger partial charge in [-0.3, -0.25) is 9.59 Å². The minimum atomic E-state index is -0.0993. The summed E-state index contributed by atoms with van der Waals surface area (Å²) in [6.45, 7) is 8.44. The molecule has 2 N–H and O–H groups in total. The average molecular weight is 381 g/mol. The molecule has 2 aromatic heterocycles. The van der Waals surface area contributed by atoms with Gasteiger partial charge in [0.2, 0.25) is 11.8 Å². The van der Waals surface area contributed by atoms with Crippen LogP contribution >= 0.6 is 23.1 Å². The Balaban J connectivity index is 1.82. The third kappa shape index (κ3) is 5.40. The summed E-state index contributed by atoms with van der Waals surface area (Å²) in [4.78, 5) is 34.5. The van der Waals surface area contributed by atoms with Crippen molar-refractivity contribution in [2.75, 3.05) is 12.3 Å². The number of thioether (sulfide) groups is 1. The number of carbonyl (C=O) groups excluding carboxylic acids is 2. The highest BCUT2D eigenvalue weighted by Gasteiger charge is 2.14. The van der Waals surface area contributed by atoms with Crippen molar-refractivity contribution in [2.24, 2.45) is 0 Å². The lowest BCUT2D eigenvalue weighted by atomic mass is 10.2. The van der Waals surface area contributed by atoms with Gasteiger partial charge in [0.1, 0.15) is 16.2 Å². The summed E-state index contributed by atoms with van der Waals surface area (Å²) < 4.78 is 0. The molecule has 0 fully saturated rings. The molecule has 0 aliphatic rings. The Morgan fingerprint density at radius 2 is 2.04 bits per heavy atom. The number of thiophene rings is 1. The number of carbonyl (C=O) groups is 2. The Labute approximate surface area is 156 Å². The zero-order valence-electron chi connectivity index (χ0n) is 15.0. The lowest BCUT2D eigenvalue weighted by Gasteiger charge is -2.11. The van der Waals surface area contributed by atoms with Crippen LogP contribution in [0.25, 0.3) is 10.2 Å². The number of rotatable bonds is 8. The molecular weight excluding hydrogens is 356 g/mol. The molecule has 0 saturated carbocycles. The van der Waals surface area contributed by atoms with Crippen LogP contribution in [0.15, 0.2) is 11.4 Å². The maximum absolute atomic E-state index is 12.0. The fraction of sp³-hybridized carbons (Fsp3) is 0.529. The van der Waals surface area contributed by atoms with Gasteiger partial charge in [-0.25, -0.2) is 9.97 Å². The molecule has 0 aliphatic carbocycles. The highest BCUT2D eigenvalue weighted by Crippen LogP contribution is 2.34. The highest BCUT2D eigenvalue weighted by molar-refractivity contribution is 8.00. The maximum Gasteiger partial charge on any atom is 0.230 e. The van der Waals surface area contributed by atoms with Crippen molar-refractivity contribution in [3.05, 3.63) is 16.8 Å². The Kier molecular flexibility index (Phi) is 7.19. The molecule has 2 rings (SSSR count). The van der Waals surface area contributed by atoms with E-state index in [4.69, 9.17) is 0 Å². The standard InChI is InChI=1S/C17H24N4O2S2/c1-5-10(2)21-13(22)6-7-18-14(23)8-24-16-15-11(3)12(4)25-17(15)20-9-19-16/h9-10H,5-8H2,1-4H3,(H,18,23)(H,21,22). The van der Waals surface area contributed by atoms with Crippen molar-refractivity contribution in [2.45, 2.75) is 51.6 Å². The fourth-order valence-corrected chi connectivity index (χ4v) is 4.16. The molecule has 2 amide bonds. The number of hydrogen-bond donors (Lipinski definition) is 2. The number of amides is 2. The van der Waals surface area contributed by atoms with Crippen molar-refractivity contribution in [1.82, 2.24) is 20.6 Å². The molecule has 0 radical (unpaired) electrons. The van der Waals surface area contributed by atoms with Crippen molar-refractivity contribution < 1.29 is 9.59 Å². The summed E-state index contributed by atoms with van der Waals surface area (Å²) in [6.07, 6.45) is 2.72. The Morgan fingerprint density at radius 1 is 1.28 bits per heavy atom. The van der Waals surface area contributed by atoms with Crippen LogP contribution in [0.4, 0.5) is 0 Å². The fourth-order valence-electron chi connectivity index (χ4n) is 2.21. The largest absolute Gasteiger partial charge is 0.355 e. The predicted molar refractivity (Wildman–Crippen MR) is 103 cm³/mol. The van der Waals surface area contributed by atoms with E-state index < -0.39 is 0 Å². The van der Waals surface area contributed by atoms with Gasteiger partial charge in [0.25, 0.3) is 0 Å². The van der Waals surface area contributed by atoms with Crippen LogP contribution in [0.5, 0.6) is 0 Å². The quantitative estimate of drug-likeness (QED) is 0.543. The molecule has 8 heteroatoms. The van der Waals surface area contributed by atoms with Gasteiger partial charge in [0.15, 0.2) is 0 Å². The van der Waals surface area contributed by atoms with Gasteiger partial charge in [0, 0.05) is 29.3 Å². The smallest absolute Gasteiger partial charge is 0.230 e. The minimum Gasteiger partial charge on any atom is -0.355 e. The van der Waals surface area contributed by atoms with Gasteiger partial charge in [-0.05, 0) is 32.8 Å². The summed E-state index contributed by atoms with van der Waals surface area (Å²) in [6, 6.07) is 0.163. The zero-order valence-corrected chi connectivity index (χ0v) is 16.6. The summed E-state index contributed by atoms with van der Waals surface area (Å²) in [5.41, 5.74) is 1.17. The lowest BCUT2D eigenvalue weighted by Crippen LogP contribution is -2.35. The molecule has 0 aliphatic heterocycles. The van der Waals surface area contributed by atoms with Crippen molar-refractivity contribution in [3.63, 3.8) is 0 Å². The highest BCUT2D eigenvalue weighted by atomic mass is 32.2. The molecule has 0 aromatic carbocycles. The van der Waals surface area contributed by atoms with E-state index in [1.807, 2.05) is 13.8 Å². The third-order valence-corrected chi connectivity index (χ3v) is 6.07. The van der Waals surface area contributed by atoms with E-state index in [1.54, 1.807) is 11.3 Å².